The van der Waals surface area contributed by atoms with Crippen LogP contribution in [0.15, 0.2) is 41.2 Å². The molecule has 5 rings (SSSR count). The largest absolute Gasteiger partial charge is 0.493 e. The summed E-state index contributed by atoms with van der Waals surface area (Å²) in [6.07, 6.45) is -1.20. The van der Waals surface area contributed by atoms with Gasteiger partial charge in [-0.15, -0.1) is 0 Å². The van der Waals surface area contributed by atoms with Gasteiger partial charge in [-0.05, 0) is 12.1 Å². The standard InChI is InChI=1S/C22H20N2O7S/c1-30-16-8-7-13-17-19(11-5-3-4-6-12(11)20(17)26)24(22(27)18(13)21(16)31-2)23-14-9-32(28,29)10-15(14)25/h3-8,14-15,23,25H,9-10H2,1-2H3. The fraction of sp³-hybridized carbons (Fsp3) is 0.273. The van der Waals surface area contributed by atoms with Crippen LogP contribution in [0.2, 0.25) is 0 Å². The fourth-order valence-electron chi connectivity index (χ4n) is 4.55. The average molecular weight is 456 g/mol. The summed E-state index contributed by atoms with van der Waals surface area (Å²) in [4.78, 5) is 27.1. The van der Waals surface area contributed by atoms with Gasteiger partial charge in [0.1, 0.15) is 0 Å². The Morgan fingerprint density at radius 3 is 2.38 bits per heavy atom. The summed E-state index contributed by atoms with van der Waals surface area (Å²) in [6, 6.07) is 9.24. The summed E-state index contributed by atoms with van der Waals surface area (Å²) >= 11 is 0. The predicted molar refractivity (Wildman–Crippen MR) is 118 cm³/mol. The molecule has 0 bridgehead atoms. The maximum absolute atomic E-state index is 13.7. The molecule has 2 aromatic carbocycles. The molecular weight excluding hydrogens is 436 g/mol. The average Bonchev–Trinajstić information content (AvgIpc) is 3.21. The monoisotopic (exact) mass is 456 g/mol. The molecule has 2 N–H and O–H groups in total. The van der Waals surface area contributed by atoms with Crippen molar-refractivity contribution >= 4 is 26.4 Å². The molecule has 0 radical (unpaired) electrons. The van der Waals surface area contributed by atoms with Crippen molar-refractivity contribution in [3.05, 3.63) is 57.9 Å². The number of aromatic nitrogens is 1. The number of ether oxygens (including phenoxy) is 2. The van der Waals surface area contributed by atoms with Crippen molar-refractivity contribution in [3.63, 3.8) is 0 Å². The highest BCUT2D eigenvalue weighted by molar-refractivity contribution is 7.91. The molecule has 9 nitrogen and oxygen atoms in total. The number of ketones is 1. The van der Waals surface area contributed by atoms with E-state index >= 15 is 0 Å². The van der Waals surface area contributed by atoms with Gasteiger partial charge in [-0.2, -0.15) is 0 Å². The molecule has 32 heavy (non-hydrogen) atoms. The molecule has 3 aromatic rings. The van der Waals surface area contributed by atoms with Crippen molar-refractivity contribution in [3.8, 4) is 22.8 Å². The molecule has 1 saturated heterocycles. The molecule has 0 saturated carbocycles. The molecule has 2 unspecified atom stereocenters. The van der Waals surface area contributed by atoms with Gasteiger partial charge in [0, 0.05) is 16.5 Å². The van der Waals surface area contributed by atoms with Crippen LogP contribution in [0.4, 0.5) is 0 Å². The second-order valence-corrected chi connectivity index (χ2v) is 10.00. The number of fused-ring (bicyclic) bond motifs is 5. The van der Waals surface area contributed by atoms with Crippen LogP contribution in [0, 0.1) is 0 Å². The van der Waals surface area contributed by atoms with E-state index in [1.807, 2.05) is 0 Å². The van der Waals surface area contributed by atoms with Gasteiger partial charge >= 0.3 is 0 Å². The van der Waals surface area contributed by atoms with Gasteiger partial charge < -0.3 is 20.0 Å². The van der Waals surface area contributed by atoms with E-state index in [1.165, 1.54) is 14.2 Å². The molecule has 0 spiro atoms. The molecule has 1 fully saturated rings. The molecule has 2 aliphatic rings. The second-order valence-electron chi connectivity index (χ2n) is 7.84. The normalized spacial score (nSPS) is 20.8. The SMILES string of the molecule is COc1ccc2c3c(n(NC4CS(=O)(=O)CC4O)c(=O)c2c1OC)-c1ccccc1C3=O. The first kappa shape index (κ1) is 20.5. The fourth-order valence-corrected chi connectivity index (χ4v) is 6.28. The van der Waals surface area contributed by atoms with E-state index in [0.29, 0.717) is 33.5 Å². The van der Waals surface area contributed by atoms with Crippen LogP contribution in [-0.4, -0.2) is 61.9 Å². The quantitative estimate of drug-likeness (QED) is 0.465. The summed E-state index contributed by atoms with van der Waals surface area (Å²) in [6.45, 7) is 0. The van der Waals surface area contributed by atoms with Gasteiger partial charge in [0.15, 0.2) is 27.1 Å². The molecule has 1 aromatic heterocycles. The molecule has 10 heteroatoms. The molecule has 2 heterocycles. The van der Waals surface area contributed by atoms with Gasteiger partial charge in [0.05, 0.1) is 54.5 Å². The lowest BCUT2D eigenvalue weighted by atomic mass is 10.0. The maximum atomic E-state index is 13.7. The number of sulfone groups is 1. The van der Waals surface area contributed by atoms with E-state index < -0.39 is 33.3 Å². The Hall–Kier alpha value is -3.37. The summed E-state index contributed by atoms with van der Waals surface area (Å²) in [7, 11) is -0.635. The highest BCUT2D eigenvalue weighted by Crippen LogP contribution is 2.42. The lowest BCUT2D eigenvalue weighted by Gasteiger charge is -2.23. The number of aliphatic hydroxyl groups is 1. The Morgan fingerprint density at radius 1 is 1.03 bits per heavy atom. The zero-order chi connectivity index (χ0) is 22.8. The number of rotatable bonds is 4. The minimum atomic E-state index is -3.47. The van der Waals surface area contributed by atoms with Crippen LogP contribution in [0.1, 0.15) is 15.9 Å². The van der Waals surface area contributed by atoms with Gasteiger partial charge in [-0.3, -0.25) is 9.59 Å². The number of nitrogens with zero attached hydrogens (tertiary/aromatic N) is 1. The van der Waals surface area contributed by atoms with Crippen LogP contribution in [0.3, 0.4) is 0 Å². The van der Waals surface area contributed by atoms with Crippen LogP contribution in [-0.2, 0) is 9.84 Å². The number of benzene rings is 2. The summed E-state index contributed by atoms with van der Waals surface area (Å²) < 4.78 is 36.0. The third kappa shape index (κ3) is 2.83. The zero-order valence-electron chi connectivity index (χ0n) is 17.3. The number of aliphatic hydroxyl groups excluding tert-OH is 1. The minimum absolute atomic E-state index is 0.120. The van der Waals surface area contributed by atoms with E-state index in [-0.39, 0.29) is 22.7 Å². The lowest BCUT2D eigenvalue weighted by Crippen LogP contribution is -2.43. The van der Waals surface area contributed by atoms with Crippen molar-refractivity contribution < 1.29 is 27.8 Å². The van der Waals surface area contributed by atoms with Crippen LogP contribution < -0.4 is 20.5 Å². The Balaban J connectivity index is 1.86. The van der Waals surface area contributed by atoms with E-state index in [4.69, 9.17) is 9.47 Å². The Labute approximate surface area is 183 Å². The summed E-state index contributed by atoms with van der Waals surface area (Å²) in [5.74, 6) is -0.519. The van der Waals surface area contributed by atoms with Crippen molar-refractivity contribution in [2.75, 3.05) is 31.2 Å². The number of nitrogens with one attached hydrogen (secondary N) is 1. The second kappa shape index (κ2) is 7.07. The predicted octanol–water partition coefficient (Wildman–Crippen LogP) is 0.931. The number of hydrogen-bond donors (Lipinski definition) is 2. The highest BCUT2D eigenvalue weighted by atomic mass is 32.2. The maximum Gasteiger partial charge on any atom is 0.281 e. The molecule has 1 aliphatic heterocycles. The van der Waals surface area contributed by atoms with E-state index in [1.54, 1.807) is 36.4 Å². The number of pyridine rings is 1. The van der Waals surface area contributed by atoms with Gasteiger partial charge in [0.25, 0.3) is 5.56 Å². The number of carbonyl (C=O) groups excluding carboxylic acids is 1. The third-order valence-electron chi connectivity index (χ3n) is 5.96. The first-order valence-corrected chi connectivity index (χ1v) is 11.7. The minimum Gasteiger partial charge on any atom is -0.493 e. The van der Waals surface area contributed by atoms with Crippen molar-refractivity contribution in [1.82, 2.24) is 4.68 Å². The Bertz CT molecular complexity index is 1460. The van der Waals surface area contributed by atoms with E-state index in [0.717, 1.165) is 4.68 Å². The van der Waals surface area contributed by atoms with Crippen molar-refractivity contribution in [2.24, 2.45) is 0 Å². The van der Waals surface area contributed by atoms with Crippen molar-refractivity contribution in [2.45, 2.75) is 12.1 Å². The first-order chi connectivity index (χ1) is 15.3. The Morgan fingerprint density at radius 2 is 1.75 bits per heavy atom. The Kier molecular flexibility index (Phi) is 4.54. The number of carbonyl (C=O) groups is 1. The number of hydrogen-bond acceptors (Lipinski definition) is 8. The third-order valence-corrected chi connectivity index (χ3v) is 7.68. The van der Waals surface area contributed by atoms with Crippen LogP contribution in [0.5, 0.6) is 11.5 Å². The molecule has 1 aliphatic carbocycles. The highest BCUT2D eigenvalue weighted by Gasteiger charge is 2.39. The zero-order valence-corrected chi connectivity index (χ0v) is 18.1. The van der Waals surface area contributed by atoms with Gasteiger partial charge in [0.2, 0.25) is 0 Å². The van der Waals surface area contributed by atoms with Crippen LogP contribution in [0.25, 0.3) is 22.0 Å². The van der Waals surface area contributed by atoms with Gasteiger partial charge in [-0.1, -0.05) is 24.3 Å². The van der Waals surface area contributed by atoms with E-state index in [2.05, 4.69) is 5.43 Å². The lowest BCUT2D eigenvalue weighted by molar-refractivity contribution is 0.104. The smallest absolute Gasteiger partial charge is 0.281 e. The topological polar surface area (TPSA) is 124 Å². The van der Waals surface area contributed by atoms with E-state index in [9.17, 15) is 23.1 Å². The summed E-state index contributed by atoms with van der Waals surface area (Å²) in [5, 5.41) is 10.8. The summed E-state index contributed by atoms with van der Waals surface area (Å²) in [5.41, 5.74) is 3.93. The van der Waals surface area contributed by atoms with Crippen LogP contribution >= 0.6 is 0 Å². The molecule has 2 atom stereocenters. The molecular formula is C22H20N2O7S. The van der Waals surface area contributed by atoms with Crippen molar-refractivity contribution in [1.29, 1.82) is 0 Å². The molecule has 166 valence electrons. The number of methoxy groups -OCH3 is 2. The first-order valence-electron chi connectivity index (χ1n) is 9.90. The van der Waals surface area contributed by atoms with Gasteiger partial charge in [-0.25, -0.2) is 13.1 Å². The molecule has 0 amide bonds.